The number of nitro groups is 1. The first-order valence-corrected chi connectivity index (χ1v) is 9.25. The summed E-state index contributed by atoms with van der Waals surface area (Å²) in [6, 6.07) is 8.53. The number of hydrogen-bond acceptors (Lipinski definition) is 10. The second-order valence-electron chi connectivity index (χ2n) is 6.54. The zero-order valence-corrected chi connectivity index (χ0v) is 17.6. The molecule has 0 radical (unpaired) electrons. The monoisotopic (exact) mass is 452 g/mol. The highest BCUT2D eigenvalue weighted by Crippen LogP contribution is 2.23. The lowest BCUT2D eigenvalue weighted by atomic mass is 9.97. The van der Waals surface area contributed by atoms with Crippen LogP contribution in [0, 0.1) is 10.1 Å². The number of rotatable bonds is 6. The summed E-state index contributed by atoms with van der Waals surface area (Å²) in [5.74, 6) is -2.92. The highest BCUT2D eigenvalue weighted by molar-refractivity contribution is 6.18. The summed E-state index contributed by atoms with van der Waals surface area (Å²) >= 11 is 0. The van der Waals surface area contributed by atoms with E-state index in [-0.39, 0.29) is 22.2 Å². The number of fused-ring (bicyclic) bond motifs is 1. The molecular formula is C22H16N2O9. The molecule has 0 amide bonds. The molecule has 3 aromatic rings. The number of carbonyl (C=O) groups is 3. The first kappa shape index (κ1) is 23.0. The molecule has 11 nitrogen and oxygen atoms in total. The van der Waals surface area contributed by atoms with Crippen molar-refractivity contribution in [3.05, 3.63) is 85.2 Å². The standard InChI is InChI=1S/C22H16N2O9/c1-31-13-8-9-14-15(10-13)23-18(22(28)33-3)16(21(27)32-2)17(20(14)26)19(25)11-4-6-12(7-5-11)24(29)30/h4-10H,1-3H3. The second kappa shape index (κ2) is 9.22. The minimum absolute atomic E-state index is 0.0346. The quantitative estimate of drug-likeness (QED) is 0.236. The zero-order chi connectivity index (χ0) is 24.3. The van der Waals surface area contributed by atoms with Gasteiger partial charge in [-0.2, -0.15) is 0 Å². The molecule has 1 aromatic heterocycles. The molecular weight excluding hydrogens is 436 g/mol. The van der Waals surface area contributed by atoms with Gasteiger partial charge in [0.15, 0.2) is 16.9 Å². The molecule has 0 atom stereocenters. The Hall–Kier alpha value is -4.67. The van der Waals surface area contributed by atoms with Crippen LogP contribution in [0.5, 0.6) is 5.75 Å². The van der Waals surface area contributed by atoms with E-state index in [1.165, 1.54) is 25.3 Å². The van der Waals surface area contributed by atoms with Gasteiger partial charge in [0.1, 0.15) is 11.3 Å². The van der Waals surface area contributed by atoms with E-state index in [2.05, 4.69) is 4.98 Å². The summed E-state index contributed by atoms with van der Waals surface area (Å²) in [7, 11) is 3.42. The molecule has 168 valence electrons. The number of ketones is 1. The highest BCUT2D eigenvalue weighted by Gasteiger charge is 2.31. The first-order valence-electron chi connectivity index (χ1n) is 9.25. The third kappa shape index (κ3) is 4.24. The largest absolute Gasteiger partial charge is 0.497 e. The number of nitrogens with zero attached hydrogens (tertiary/aromatic N) is 2. The van der Waals surface area contributed by atoms with Crippen molar-refractivity contribution in [1.29, 1.82) is 0 Å². The summed E-state index contributed by atoms with van der Waals surface area (Å²) in [6.07, 6.45) is 0. The van der Waals surface area contributed by atoms with Crippen LogP contribution in [0.1, 0.15) is 36.8 Å². The van der Waals surface area contributed by atoms with Crippen LogP contribution in [0.4, 0.5) is 5.69 Å². The van der Waals surface area contributed by atoms with E-state index in [9.17, 15) is 29.3 Å². The Morgan fingerprint density at radius 1 is 0.909 bits per heavy atom. The van der Waals surface area contributed by atoms with E-state index in [1.807, 2.05) is 0 Å². The first-order chi connectivity index (χ1) is 15.7. The SMILES string of the molecule is COC(=O)c1nc2cc(OC)ccc2c(=O)c(C(=O)c2ccc([N+](=O)[O-])cc2)c1C(=O)OC. The van der Waals surface area contributed by atoms with Crippen LogP contribution in [-0.4, -0.2) is 49.0 Å². The molecule has 0 bridgehead atoms. The third-order valence-corrected chi connectivity index (χ3v) is 4.73. The smallest absolute Gasteiger partial charge is 0.357 e. The summed E-state index contributed by atoms with van der Waals surface area (Å²) in [5, 5.41) is 10.8. The Kier molecular flexibility index (Phi) is 6.43. The summed E-state index contributed by atoms with van der Waals surface area (Å²) < 4.78 is 14.6. The van der Waals surface area contributed by atoms with Gasteiger partial charge in [-0.15, -0.1) is 0 Å². The molecule has 0 aliphatic carbocycles. The Balaban J connectivity index is 2.48. The van der Waals surface area contributed by atoms with Crippen LogP contribution in [0.25, 0.3) is 10.9 Å². The van der Waals surface area contributed by atoms with Crippen molar-refractivity contribution in [2.75, 3.05) is 21.3 Å². The van der Waals surface area contributed by atoms with Gasteiger partial charge in [-0.3, -0.25) is 19.7 Å². The third-order valence-electron chi connectivity index (χ3n) is 4.73. The number of non-ortho nitro benzene ring substituents is 1. The molecule has 0 aliphatic rings. The molecule has 0 unspecified atom stereocenters. The average Bonchev–Trinajstić information content (AvgIpc) is 2.96. The van der Waals surface area contributed by atoms with Gasteiger partial charge in [-0.25, -0.2) is 14.6 Å². The van der Waals surface area contributed by atoms with Gasteiger partial charge in [0.2, 0.25) is 0 Å². The van der Waals surface area contributed by atoms with Crippen molar-refractivity contribution < 1.29 is 33.5 Å². The Morgan fingerprint density at radius 3 is 2.09 bits per heavy atom. The van der Waals surface area contributed by atoms with Crippen LogP contribution < -0.4 is 10.2 Å². The van der Waals surface area contributed by atoms with E-state index < -0.39 is 44.9 Å². The van der Waals surface area contributed by atoms with Gasteiger partial charge in [0, 0.05) is 29.1 Å². The maximum absolute atomic E-state index is 13.5. The minimum Gasteiger partial charge on any atom is -0.497 e. The molecule has 0 saturated carbocycles. The molecule has 11 heteroatoms. The van der Waals surface area contributed by atoms with Crippen LogP contribution in [-0.2, 0) is 9.47 Å². The lowest BCUT2D eigenvalue weighted by Crippen LogP contribution is -2.23. The normalized spacial score (nSPS) is 10.4. The lowest BCUT2D eigenvalue weighted by molar-refractivity contribution is -0.384. The summed E-state index contributed by atoms with van der Waals surface area (Å²) in [4.78, 5) is 66.4. The summed E-state index contributed by atoms with van der Waals surface area (Å²) in [5.41, 5.74) is -3.35. The Morgan fingerprint density at radius 2 is 1.55 bits per heavy atom. The van der Waals surface area contributed by atoms with Crippen molar-refractivity contribution in [2.45, 2.75) is 0 Å². The fourth-order valence-electron chi connectivity index (χ4n) is 3.11. The van der Waals surface area contributed by atoms with Crippen LogP contribution >= 0.6 is 0 Å². The van der Waals surface area contributed by atoms with Gasteiger partial charge in [0.25, 0.3) is 5.69 Å². The van der Waals surface area contributed by atoms with Crippen LogP contribution in [0.2, 0.25) is 0 Å². The molecule has 1 heterocycles. The zero-order valence-electron chi connectivity index (χ0n) is 17.6. The maximum Gasteiger partial charge on any atom is 0.357 e. The molecule has 33 heavy (non-hydrogen) atoms. The van der Waals surface area contributed by atoms with Gasteiger partial charge < -0.3 is 14.2 Å². The number of carbonyl (C=O) groups excluding carboxylic acids is 3. The van der Waals surface area contributed by atoms with Gasteiger partial charge in [0.05, 0.1) is 37.3 Å². The molecule has 2 aromatic carbocycles. The van der Waals surface area contributed by atoms with Crippen molar-refractivity contribution >= 4 is 34.3 Å². The molecule has 0 aliphatic heterocycles. The molecule has 0 spiro atoms. The predicted octanol–water partition coefficient (Wildman–Crippen LogP) is 2.32. The number of hydrogen-bond donors (Lipinski definition) is 0. The van der Waals surface area contributed by atoms with E-state index in [1.54, 1.807) is 0 Å². The van der Waals surface area contributed by atoms with E-state index in [0.717, 1.165) is 38.5 Å². The van der Waals surface area contributed by atoms with Crippen LogP contribution in [0.3, 0.4) is 0 Å². The molecule has 0 saturated heterocycles. The number of ether oxygens (including phenoxy) is 3. The second-order valence-corrected chi connectivity index (χ2v) is 6.54. The van der Waals surface area contributed by atoms with E-state index in [4.69, 9.17) is 14.2 Å². The predicted molar refractivity (Wildman–Crippen MR) is 114 cm³/mol. The molecule has 0 fully saturated rings. The summed E-state index contributed by atoms with van der Waals surface area (Å²) in [6.45, 7) is 0. The topological polar surface area (TPSA) is 152 Å². The minimum atomic E-state index is -1.17. The van der Waals surface area contributed by atoms with Crippen molar-refractivity contribution in [3.8, 4) is 5.75 Å². The number of methoxy groups -OCH3 is 3. The Bertz CT molecular complexity index is 1370. The maximum atomic E-state index is 13.5. The van der Waals surface area contributed by atoms with Gasteiger partial charge in [-0.1, -0.05) is 0 Å². The number of esters is 2. The molecule has 3 rings (SSSR count). The Labute approximate surface area is 185 Å². The number of nitro benzene ring substituents is 1. The fraction of sp³-hybridized carbons (Fsp3) is 0.136. The number of aromatic nitrogens is 1. The number of benzene rings is 2. The van der Waals surface area contributed by atoms with E-state index in [0.29, 0.717) is 5.75 Å². The van der Waals surface area contributed by atoms with Gasteiger partial charge in [-0.05, 0) is 24.3 Å². The highest BCUT2D eigenvalue weighted by atomic mass is 16.6. The van der Waals surface area contributed by atoms with Crippen molar-refractivity contribution in [2.24, 2.45) is 0 Å². The van der Waals surface area contributed by atoms with Crippen molar-refractivity contribution in [1.82, 2.24) is 4.98 Å². The average molecular weight is 452 g/mol. The lowest BCUT2D eigenvalue weighted by Gasteiger charge is -2.07. The van der Waals surface area contributed by atoms with E-state index >= 15 is 0 Å². The fourth-order valence-corrected chi connectivity index (χ4v) is 3.11. The van der Waals surface area contributed by atoms with Crippen LogP contribution in [0.15, 0.2) is 47.3 Å². The molecule has 0 N–H and O–H groups in total. The van der Waals surface area contributed by atoms with Gasteiger partial charge >= 0.3 is 11.9 Å². The van der Waals surface area contributed by atoms with Crippen molar-refractivity contribution in [3.63, 3.8) is 0 Å².